The molecule has 126 valence electrons. The lowest BCUT2D eigenvalue weighted by atomic mass is 10.3. The number of hydrogen-bond acceptors (Lipinski definition) is 5. The molecule has 3 aromatic rings. The van der Waals surface area contributed by atoms with Gasteiger partial charge in [0.05, 0.1) is 17.9 Å². The first-order valence-corrected chi connectivity index (χ1v) is 8.83. The molecule has 9 heteroatoms. The van der Waals surface area contributed by atoms with Crippen LogP contribution < -0.4 is 4.72 Å². The normalized spacial score (nSPS) is 11.8. The summed E-state index contributed by atoms with van der Waals surface area (Å²) in [5, 5.41) is 8.67. The first-order chi connectivity index (χ1) is 11.4. The van der Waals surface area contributed by atoms with Crippen molar-refractivity contribution < 1.29 is 8.42 Å². The Morgan fingerprint density at radius 3 is 2.46 bits per heavy atom. The van der Waals surface area contributed by atoms with Gasteiger partial charge in [0.2, 0.25) is 0 Å². The summed E-state index contributed by atoms with van der Waals surface area (Å²) in [6, 6.07) is 9.44. The Labute approximate surface area is 140 Å². The molecule has 0 atom stereocenters. The Kier molecular flexibility index (Phi) is 4.20. The molecule has 1 N–H and O–H groups in total. The van der Waals surface area contributed by atoms with E-state index in [9.17, 15) is 8.42 Å². The summed E-state index contributed by atoms with van der Waals surface area (Å²) < 4.78 is 28.8. The number of nitrogens with one attached hydrogen (secondary N) is 1. The van der Waals surface area contributed by atoms with Crippen LogP contribution in [0.5, 0.6) is 0 Å². The summed E-state index contributed by atoms with van der Waals surface area (Å²) in [7, 11) is -1.94. The second-order valence-electron chi connectivity index (χ2n) is 5.42. The number of benzene rings is 1. The Bertz CT molecular complexity index is 940. The van der Waals surface area contributed by atoms with Crippen molar-refractivity contribution in [3.63, 3.8) is 0 Å². The van der Waals surface area contributed by atoms with Gasteiger partial charge in [-0.25, -0.2) is 18.1 Å². The van der Waals surface area contributed by atoms with E-state index in [1.54, 1.807) is 25.5 Å². The van der Waals surface area contributed by atoms with Crippen molar-refractivity contribution in [1.29, 1.82) is 0 Å². The van der Waals surface area contributed by atoms with Crippen LogP contribution >= 0.6 is 0 Å². The quantitative estimate of drug-likeness (QED) is 0.746. The molecule has 2 heterocycles. The average Bonchev–Trinajstić information content (AvgIpc) is 3.10. The fourth-order valence-corrected chi connectivity index (χ4v) is 3.17. The first-order valence-electron chi connectivity index (χ1n) is 7.35. The number of sulfonamides is 1. The molecule has 8 nitrogen and oxygen atoms in total. The molecule has 2 aromatic heterocycles. The third-order valence-corrected chi connectivity index (χ3v) is 4.93. The fourth-order valence-electron chi connectivity index (χ4n) is 2.14. The maximum atomic E-state index is 12.3. The number of rotatable bonds is 5. The molecule has 0 aliphatic rings. The van der Waals surface area contributed by atoms with Crippen LogP contribution in [0.3, 0.4) is 0 Å². The number of aryl methyl sites for hydroxylation is 3. The van der Waals surface area contributed by atoms with Gasteiger partial charge in [-0.05, 0) is 26.0 Å². The maximum Gasteiger partial charge on any atom is 0.259 e. The molecule has 1 aromatic carbocycles. The molecule has 0 spiro atoms. The fraction of sp³-hybridized carbons (Fsp3) is 0.267. The highest BCUT2D eigenvalue weighted by atomic mass is 32.2. The topological polar surface area (TPSA) is 94.7 Å². The summed E-state index contributed by atoms with van der Waals surface area (Å²) in [4.78, 5) is 5.53. The Morgan fingerprint density at radius 2 is 1.83 bits per heavy atom. The summed E-state index contributed by atoms with van der Waals surface area (Å²) in [5.74, 6) is 0.626. The third kappa shape index (κ3) is 3.22. The molecular weight excluding hydrogens is 328 g/mol. The molecule has 0 aliphatic heterocycles. The SMILES string of the molecule is Cc1nn(-c2ccccc2)nc1CNS(=O)(=O)c1cn(C)c(C)n1. The van der Waals surface area contributed by atoms with E-state index in [0.29, 0.717) is 17.2 Å². The minimum atomic E-state index is -3.69. The van der Waals surface area contributed by atoms with Gasteiger partial charge in [0, 0.05) is 13.2 Å². The van der Waals surface area contributed by atoms with Gasteiger partial charge < -0.3 is 4.57 Å². The third-order valence-electron chi connectivity index (χ3n) is 3.66. The number of para-hydroxylation sites is 1. The highest BCUT2D eigenvalue weighted by molar-refractivity contribution is 7.89. The highest BCUT2D eigenvalue weighted by Gasteiger charge is 2.19. The van der Waals surface area contributed by atoms with E-state index in [0.717, 1.165) is 5.69 Å². The molecule has 0 bridgehead atoms. The van der Waals surface area contributed by atoms with Crippen LogP contribution in [0.4, 0.5) is 0 Å². The largest absolute Gasteiger partial charge is 0.337 e. The first kappa shape index (κ1) is 16.3. The Balaban J connectivity index is 1.78. The maximum absolute atomic E-state index is 12.3. The van der Waals surface area contributed by atoms with Gasteiger partial charge in [0.25, 0.3) is 10.0 Å². The number of imidazole rings is 1. The molecule has 0 aliphatic carbocycles. The van der Waals surface area contributed by atoms with Crippen molar-refractivity contribution in [2.75, 3.05) is 0 Å². The van der Waals surface area contributed by atoms with Crippen LogP contribution in [0.25, 0.3) is 5.69 Å². The van der Waals surface area contributed by atoms with Crippen molar-refractivity contribution in [1.82, 2.24) is 29.3 Å². The molecule has 0 unspecified atom stereocenters. The lowest BCUT2D eigenvalue weighted by molar-refractivity contribution is 0.576. The van der Waals surface area contributed by atoms with Crippen LogP contribution in [-0.4, -0.2) is 33.0 Å². The van der Waals surface area contributed by atoms with E-state index >= 15 is 0 Å². The van der Waals surface area contributed by atoms with Crippen molar-refractivity contribution in [2.24, 2.45) is 7.05 Å². The Hall–Kier alpha value is -2.52. The zero-order chi connectivity index (χ0) is 17.3. The predicted octanol–water partition coefficient (Wildman–Crippen LogP) is 1.10. The molecule has 0 radical (unpaired) electrons. The molecule has 0 saturated carbocycles. The van der Waals surface area contributed by atoms with E-state index < -0.39 is 10.0 Å². The summed E-state index contributed by atoms with van der Waals surface area (Å²) >= 11 is 0. The van der Waals surface area contributed by atoms with Gasteiger partial charge in [0.1, 0.15) is 11.5 Å². The van der Waals surface area contributed by atoms with Gasteiger partial charge in [-0.2, -0.15) is 15.0 Å². The summed E-state index contributed by atoms with van der Waals surface area (Å²) in [6.45, 7) is 3.59. The minimum Gasteiger partial charge on any atom is -0.337 e. The van der Waals surface area contributed by atoms with Crippen LogP contribution in [0.2, 0.25) is 0 Å². The van der Waals surface area contributed by atoms with Gasteiger partial charge in [-0.3, -0.25) is 0 Å². The van der Waals surface area contributed by atoms with Gasteiger partial charge >= 0.3 is 0 Å². The molecule has 0 saturated heterocycles. The van der Waals surface area contributed by atoms with E-state index in [1.165, 1.54) is 11.0 Å². The standard InChI is InChI=1S/C15H18N6O2S/c1-11-14(19-21(18-11)13-7-5-4-6-8-13)9-16-24(22,23)15-10-20(3)12(2)17-15/h4-8,10,16H,9H2,1-3H3. The second kappa shape index (κ2) is 6.17. The number of aromatic nitrogens is 5. The van der Waals surface area contributed by atoms with E-state index in [2.05, 4.69) is 19.9 Å². The van der Waals surface area contributed by atoms with Crippen molar-refractivity contribution in [3.05, 3.63) is 53.7 Å². The zero-order valence-electron chi connectivity index (χ0n) is 13.6. The smallest absolute Gasteiger partial charge is 0.259 e. The van der Waals surface area contributed by atoms with E-state index in [1.807, 2.05) is 30.3 Å². The van der Waals surface area contributed by atoms with Gasteiger partial charge in [0.15, 0.2) is 5.03 Å². The van der Waals surface area contributed by atoms with Crippen LogP contribution in [0.1, 0.15) is 17.2 Å². The van der Waals surface area contributed by atoms with Crippen LogP contribution in [0.15, 0.2) is 41.6 Å². The van der Waals surface area contributed by atoms with Gasteiger partial charge in [-0.1, -0.05) is 18.2 Å². The van der Waals surface area contributed by atoms with Crippen LogP contribution in [-0.2, 0) is 23.6 Å². The minimum absolute atomic E-state index is 0.00407. The number of nitrogens with zero attached hydrogens (tertiary/aromatic N) is 5. The molecule has 0 amide bonds. The summed E-state index contributed by atoms with van der Waals surface area (Å²) in [6.07, 6.45) is 1.48. The van der Waals surface area contributed by atoms with Gasteiger partial charge in [-0.15, -0.1) is 0 Å². The second-order valence-corrected chi connectivity index (χ2v) is 7.13. The highest BCUT2D eigenvalue weighted by Crippen LogP contribution is 2.11. The molecule has 3 rings (SSSR count). The average molecular weight is 346 g/mol. The monoisotopic (exact) mass is 346 g/mol. The van der Waals surface area contributed by atoms with Crippen molar-refractivity contribution >= 4 is 10.0 Å². The zero-order valence-corrected chi connectivity index (χ0v) is 14.4. The summed E-state index contributed by atoms with van der Waals surface area (Å²) in [5.41, 5.74) is 2.05. The number of hydrogen-bond donors (Lipinski definition) is 1. The predicted molar refractivity (Wildman–Crippen MR) is 88.1 cm³/mol. The van der Waals surface area contributed by atoms with E-state index in [-0.39, 0.29) is 11.6 Å². The lowest BCUT2D eigenvalue weighted by Gasteiger charge is -2.02. The van der Waals surface area contributed by atoms with Crippen LogP contribution in [0, 0.1) is 13.8 Å². The molecule has 0 fully saturated rings. The van der Waals surface area contributed by atoms with Crippen molar-refractivity contribution in [2.45, 2.75) is 25.4 Å². The Morgan fingerprint density at radius 1 is 1.12 bits per heavy atom. The molecular formula is C15H18N6O2S. The van der Waals surface area contributed by atoms with Crippen molar-refractivity contribution in [3.8, 4) is 5.69 Å². The lowest BCUT2D eigenvalue weighted by Crippen LogP contribution is -2.24. The molecule has 24 heavy (non-hydrogen) atoms. The van der Waals surface area contributed by atoms with E-state index in [4.69, 9.17) is 0 Å².